The minimum absolute atomic E-state index is 0.297. The Labute approximate surface area is 149 Å². The van der Waals surface area contributed by atoms with Gasteiger partial charge in [-0.25, -0.2) is 0 Å². The van der Waals surface area contributed by atoms with Gasteiger partial charge in [0.15, 0.2) is 0 Å². The standard InChI is InChI=1S/C23H23NO/c1-17-14-15-21(23(2,3)18-10-6-4-7-11-18)22(25)20(17)16-24-19-12-8-5-9-13-19/h4-16,25H,1-3H3. The van der Waals surface area contributed by atoms with Crippen LogP contribution >= 0.6 is 0 Å². The van der Waals surface area contributed by atoms with E-state index in [9.17, 15) is 5.11 Å². The molecule has 0 radical (unpaired) electrons. The molecule has 0 saturated heterocycles. The molecular weight excluding hydrogens is 306 g/mol. The van der Waals surface area contributed by atoms with Crippen LogP contribution in [0.5, 0.6) is 5.75 Å². The monoisotopic (exact) mass is 329 g/mol. The minimum Gasteiger partial charge on any atom is -0.507 e. The number of phenolic OH excluding ortho intramolecular Hbond substituents is 1. The molecule has 0 unspecified atom stereocenters. The van der Waals surface area contributed by atoms with Crippen molar-refractivity contribution in [3.63, 3.8) is 0 Å². The first-order valence-electron chi connectivity index (χ1n) is 8.48. The SMILES string of the molecule is Cc1ccc(C(C)(C)c2ccccc2)c(O)c1C=Nc1ccccc1. The molecule has 0 aliphatic heterocycles. The van der Waals surface area contributed by atoms with Crippen molar-refractivity contribution >= 4 is 11.9 Å². The number of para-hydroxylation sites is 1. The van der Waals surface area contributed by atoms with E-state index in [4.69, 9.17) is 0 Å². The third-order valence-corrected chi connectivity index (χ3v) is 4.70. The van der Waals surface area contributed by atoms with Gasteiger partial charge in [-0.05, 0) is 30.2 Å². The molecule has 3 rings (SSSR count). The average molecular weight is 329 g/mol. The summed E-state index contributed by atoms with van der Waals surface area (Å²) < 4.78 is 0. The van der Waals surface area contributed by atoms with Crippen LogP contribution in [0.2, 0.25) is 0 Å². The summed E-state index contributed by atoms with van der Waals surface area (Å²) in [5, 5.41) is 11.0. The van der Waals surface area contributed by atoms with Crippen molar-refractivity contribution in [2.45, 2.75) is 26.2 Å². The Hall–Kier alpha value is -2.87. The van der Waals surface area contributed by atoms with E-state index in [1.807, 2.05) is 67.6 Å². The maximum Gasteiger partial charge on any atom is 0.128 e. The summed E-state index contributed by atoms with van der Waals surface area (Å²) in [5.41, 5.74) is 4.41. The molecule has 2 heteroatoms. The molecule has 3 aromatic rings. The Kier molecular flexibility index (Phi) is 4.71. The predicted molar refractivity (Wildman–Crippen MR) is 105 cm³/mol. The Morgan fingerprint density at radius 3 is 2.08 bits per heavy atom. The van der Waals surface area contributed by atoms with Crippen molar-refractivity contribution in [1.82, 2.24) is 0 Å². The molecule has 3 aromatic carbocycles. The van der Waals surface area contributed by atoms with Gasteiger partial charge in [0, 0.05) is 22.8 Å². The van der Waals surface area contributed by atoms with Crippen molar-refractivity contribution < 1.29 is 5.11 Å². The van der Waals surface area contributed by atoms with Crippen LogP contribution in [0.15, 0.2) is 77.8 Å². The molecule has 25 heavy (non-hydrogen) atoms. The number of benzene rings is 3. The zero-order valence-electron chi connectivity index (χ0n) is 14.9. The Morgan fingerprint density at radius 2 is 1.44 bits per heavy atom. The van der Waals surface area contributed by atoms with Crippen LogP contribution < -0.4 is 0 Å². The van der Waals surface area contributed by atoms with Crippen molar-refractivity contribution in [3.8, 4) is 5.75 Å². The van der Waals surface area contributed by atoms with Gasteiger partial charge in [-0.3, -0.25) is 4.99 Å². The molecule has 0 aromatic heterocycles. The third kappa shape index (κ3) is 3.48. The predicted octanol–water partition coefficient (Wildman–Crippen LogP) is 5.78. The van der Waals surface area contributed by atoms with E-state index in [1.54, 1.807) is 6.21 Å². The lowest BCUT2D eigenvalue weighted by Crippen LogP contribution is -2.19. The molecule has 0 aliphatic carbocycles. The highest BCUT2D eigenvalue weighted by molar-refractivity contribution is 5.88. The van der Waals surface area contributed by atoms with Gasteiger partial charge >= 0.3 is 0 Å². The molecule has 0 atom stereocenters. The number of aliphatic imine (C=N–C) groups is 1. The first kappa shape index (κ1) is 17.0. The van der Waals surface area contributed by atoms with Gasteiger partial charge in [0.1, 0.15) is 5.75 Å². The van der Waals surface area contributed by atoms with Gasteiger partial charge in [0.25, 0.3) is 0 Å². The molecule has 0 fully saturated rings. The van der Waals surface area contributed by atoms with Gasteiger partial charge < -0.3 is 5.11 Å². The summed E-state index contributed by atoms with van der Waals surface area (Å²) in [6, 6.07) is 24.1. The number of hydrogen-bond acceptors (Lipinski definition) is 2. The van der Waals surface area contributed by atoms with Crippen LogP contribution in [0.1, 0.15) is 36.1 Å². The zero-order chi connectivity index (χ0) is 17.9. The highest BCUT2D eigenvalue weighted by Crippen LogP contribution is 2.39. The minimum atomic E-state index is -0.297. The molecule has 0 heterocycles. The quantitative estimate of drug-likeness (QED) is 0.605. The maximum atomic E-state index is 11.0. The van der Waals surface area contributed by atoms with Crippen LogP contribution in [-0.4, -0.2) is 11.3 Å². The smallest absolute Gasteiger partial charge is 0.128 e. The van der Waals surface area contributed by atoms with Crippen LogP contribution in [0.3, 0.4) is 0 Å². The summed E-state index contributed by atoms with van der Waals surface area (Å²) in [4.78, 5) is 4.51. The van der Waals surface area contributed by atoms with Crippen molar-refractivity contribution in [3.05, 3.63) is 95.1 Å². The molecule has 0 amide bonds. The van der Waals surface area contributed by atoms with Gasteiger partial charge in [-0.15, -0.1) is 0 Å². The van der Waals surface area contributed by atoms with E-state index in [1.165, 1.54) is 5.56 Å². The van der Waals surface area contributed by atoms with Gasteiger partial charge in [0.2, 0.25) is 0 Å². The molecule has 0 saturated carbocycles. The van der Waals surface area contributed by atoms with Gasteiger partial charge in [0.05, 0.1) is 5.69 Å². The van der Waals surface area contributed by atoms with E-state index in [0.717, 1.165) is 22.4 Å². The Morgan fingerprint density at radius 1 is 0.840 bits per heavy atom. The summed E-state index contributed by atoms with van der Waals surface area (Å²) in [5.74, 6) is 0.300. The second-order valence-corrected chi connectivity index (χ2v) is 6.78. The lowest BCUT2D eigenvalue weighted by atomic mass is 9.76. The van der Waals surface area contributed by atoms with E-state index in [2.05, 4.69) is 31.0 Å². The van der Waals surface area contributed by atoms with E-state index in [0.29, 0.717) is 5.75 Å². The summed E-state index contributed by atoms with van der Waals surface area (Å²) in [6.07, 6.45) is 1.75. The van der Waals surface area contributed by atoms with Gasteiger partial charge in [-0.2, -0.15) is 0 Å². The van der Waals surface area contributed by atoms with Crippen molar-refractivity contribution in [2.75, 3.05) is 0 Å². The Bertz CT molecular complexity index is 881. The number of phenols is 1. The fraction of sp³-hybridized carbons (Fsp3) is 0.174. The van der Waals surface area contributed by atoms with Crippen LogP contribution in [0.25, 0.3) is 0 Å². The second kappa shape index (κ2) is 6.94. The van der Waals surface area contributed by atoms with Gasteiger partial charge in [-0.1, -0.05) is 74.5 Å². The zero-order valence-corrected chi connectivity index (χ0v) is 14.9. The molecule has 1 N–H and O–H groups in total. The van der Waals surface area contributed by atoms with Crippen LogP contribution in [-0.2, 0) is 5.41 Å². The number of hydrogen-bond donors (Lipinski definition) is 1. The number of aromatic hydroxyl groups is 1. The fourth-order valence-electron chi connectivity index (χ4n) is 3.04. The molecule has 0 spiro atoms. The highest BCUT2D eigenvalue weighted by atomic mass is 16.3. The van der Waals surface area contributed by atoms with Crippen LogP contribution in [0.4, 0.5) is 5.69 Å². The molecule has 0 bridgehead atoms. The second-order valence-electron chi connectivity index (χ2n) is 6.78. The van der Waals surface area contributed by atoms with Crippen LogP contribution in [0, 0.1) is 6.92 Å². The molecule has 2 nitrogen and oxygen atoms in total. The maximum absolute atomic E-state index is 11.0. The number of rotatable bonds is 4. The lowest BCUT2D eigenvalue weighted by Gasteiger charge is -2.28. The summed E-state index contributed by atoms with van der Waals surface area (Å²) in [7, 11) is 0. The highest BCUT2D eigenvalue weighted by Gasteiger charge is 2.27. The normalized spacial score (nSPS) is 11.8. The first-order chi connectivity index (χ1) is 12.0. The largest absolute Gasteiger partial charge is 0.507 e. The molecule has 0 aliphatic rings. The molecule has 126 valence electrons. The summed E-state index contributed by atoms with van der Waals surface area (Å²) in [6.45, 7) is 6.25. The Balaban J connectivity index is 2.05. The van der Waals surface area contributed by atoms with E-state index < -0.39 is 0 Å². The number of aryl methyl sites for hydroxylation is 1. The lowest BCUT2D eigenvalue weighted by molar-refractivity contribution is 0.452. The fourth-order valence-corrected chi connectivity index (χ4v) is 3.04. The first-order valence-corrected chi connectivity index (χ1v) is 8.48. The van der Waals surface area contributed by atoms with E-state index >= 15 is 0 Å². The number of nitrogens with zero attached hydrogens (tertiary/aromatic N) is 1. The molecular formula is C23H23NO. The van der Waals surface area contributed by atoms with E-state index in [-0.39, 0.29) is 5.41 Å². The summed E-state index contributed by atoms with van der Waals surface area (Å²) >= 11 is 0. The third-order valence-electron chi connectivity index (χ3n) is 4.70. The topological polar surface area (TPSA) is 32.6 Å². The average Bonchev–Trinajstić information content (AvgIpc) is 2.63. The van der Waals surface area contributed by atoms with Crippen molar-refractivity contribution in [1.29, 1.82) is 0 Å². The van der Waals surface area contributed by atoms with Crippen molar-refractivity contribution in [2.24, 2.45) is 4.99 Å².